The lowest BCUT2D eigenvalue weighted by molar-refractivity contribution is -0.142. The Hall–Kier alpha value is -4.16. The summed E-state index contributed by atoms with van der Waals surface area (Å²) in [5.74, 6) is -3.56. The van der Waals surface area contributed by atoms with E-state index >= 15 is 0 Å². The summed E-state index contributed by atoms with van der Waals surface area (Å²) < 4.78 is 0. The number of rotatable bonds is 12. The van der Waals surface area contributed by atoms with Gasteiger partial charge < -0.3 is 42.1 Å². The second kappa shape index (κ2) is 13.2. The van der Waals surface area contributed by atoms with Gasteiger partial charge in [-0.25, -0.2) is 4.79 Å². The Morgan fingerprint density at radius 1 is 0.730 bits per heavy atom. The van der Waals surface area contributed by atoms with Crippen LogP contribution in [0.4, 0.5) is 0 Å². The number of nitrogens with two attached hydrogens (primary N) is 1. The number of aliphatic hydroxyl groups excluding tert-OH is 1. The van der Waals surface area contributed by atoms with Crippen molar-refractivity contribution in [2.45, 2.75) is 57.0 Å². The standard InChI is InChI=1S/C25H32N4O8/c1-13(22(33)29-20(25(36)37)12-16-5-9-18(32)10-6-16)27-23(34)19(28-24(35)21(26)14(2)30)11-15-3-7-17(31)8-4-15/h3-10,13-14,19-21,30-32H,11-12,26H2,1-2H3,(H,27,34)(H,28,35)(H,29,33)(H,36,37). The largest absolute Gasteiger partial charge is 0.508 e. The molecule has 5 atom stereocenters. The van der Waals surface area contributed by atoms with Crippen LogP contribution in [0.25, 0.3) is 0 Å². The normalized spacial score (nSPS) is 14.9. The molecule has 0 saturated carbocycles. The average Bonchev–Trinajstić information content (AvgIpc) is 2.84. The minimum Gasteiger partial charge on any atom is -0.508 e. The van der Waals surface area contributed by atoms with Crippen molar-refractivity contribution in [3.05, 3.63) is 59.7 Å². The van der Waals surface area contributed by atoms with E-state index in [4.69, 9.17) is 5.73 Å². The number of aliphatic carboxylic acids is 1. The Bertz CT molecular complexity index is 1090. The van der Waals surface area contributed by atoms with Gasteiger partial charge in [0.15, 0.2) is 0 Å². The van der Waals surface area contributed by atoms with Crippen molar-refractivity contribution in [2.75, 3.05) is 0 Å². The van der Waals surface area contributed by atoms with E-state index < -0.39 is 54.0 Å². The number of carbonyl (C=O) groups excluding carboxylic acids is 3. The van der Waals surface area contributed by atoms with Crippen LogP contribution in [0.3, 0.4) is 0 Å². The SMILES string of the molecule is CC(NC(=O)C(Cc1ccc(O)cc1)NC(=O)C(N)C(C)O)C(=O)NC(Cc1ccc(O)cc1)C(=O)O. The third kappa shape index (κ3) is 9.09. The van der Waals surface area contributed by atoms with Crippen LogP contribution in [0.1, 0.15) is 25.0 Å². The molecule has 0 radical (unpaired) electrons. The first-order chi connectivity index (χ1) is 17.4. The lowest BCUT2D eigenvalue weighted by atomic mass is 10.0. The first-order valence-corrected chi connectivity index (χ1v) is 11.5. The molecule has 12 nitrogen and oxygen atoms in total. The van der Waals surface area contributed by atoms with Crippen molar-refractivity contribution in [3.63, 3.8) is 0 Å². The Morgan fingerprint density at radius 3 is 1.59 bits per heavy atom. The van der Waals surface area contributed by atoms with E-state index in [-0.39, 0.29) is 24.3 Å². The van der Waals surface area contributed by atoms with Crippen molar-refractivity contribution >= 4 is 23.7 Å². The van der Waals surface area contributed by atoms with Gasteiger partial charge in [-0.3, -0.25) is 14.4 Å². The maximum atomic E-state index is 13.0. The lowest BCUT2D eigenvalue weighted by Crippen LogP contribution is -2.58. The van der Waals surface area contributed by atoms with Gasteiger partial charge in [-0.05, 0) is 49.2 Å². The van der Waals surface area contributed by atoms with Crippen LogP contribution in [0.2, 0.25) is 0 Å². The summed E-state index contributed by atoms with van der Waals surface area (Å²) in [7, 11) is 0. The quantitative estimate of drug-likeness (QED) is 0.176. The van der Waals surface area contributed by atoms with E-state index in [1.807, 2.05) is 0 Å². The molecule has 37 heavy (non-hydrogen) atoms. The summed E-state index contributed by atoms with van der Waals surface area (Å²) in [5.41, 5.74) is 6.81. The first kappa shape index (κ1) is 29.1. The van der Waals surface area contributed by atoms with Gasteiger partial charge in [0.1, 0.15) is 35.7 Å². The van der Waals surface area contributed by atoms with Crippen LogP contribution in [-0.4, -0.2) is 74.4 Å². The van der Waals surface area contributed by atoms with E-state index in [1.54, 1.807) is 12.1 Å². The van der Waals surface area contributed by atoms with Crippen LogP contribution in [0, 0.1) is 0 Å². The van der Waals surface area contributed by atoms with Crippen LogP contribution in [0.5, 0.6) is 11.5 Å². The lowest BCUT2D eigenvalue weighted by Gasteiger charge is -2.24. The highest BCUT2D eigenvalue weighted by Crippen LogP contribution is 2.13. The number of carboxylic acids is 1. The highest BCUT2D eigenvalue weighted by atomic mass is 16.4. The molecular formula is C25H32N4O8. The van der Waals surface area contributed by atoms with Gasteiger partial charge in [-0.15, -0.1) is 0 Å². The number of carboxylic acid groups (broad SMARTS) is 1. The van der Waals surface area contributed by atoms with Crippen LogP contribution < -0.4 is 21.7 Å². The third-order valence-corrected chi connectivity index (χ3v) is 5.57. The summed E-state index contributed by atoms with van der Waals surface area (Å²) >= 11 is 0. The molecule has 0 aliphatic heterocycles. The summed E-state index contributed by atoms with van der Waals surface area (Å²) in [6.45, 7) is 2.68. The van der Waals surface area contributed by atoms with E-state index in [0.717, 1.165) is 0 Å². The number of hydrogen-bond acceptors (Lipinski definition) is 8. The minimum atomic E-state index is -1.30. The van der Waals surface area contributed by atoms with Gasteiger partial charge in [0, 0.05) is 12.8 Å². The molecule has 5 unspecified atom stereocenters. The monoisotopic (exact) mass is 516 g/mol. The number of benzene rings is 2. The van der Waals surface area contributed by atoms with Gasteiger partial charge in [0.05, 0.1) is 6.10 Å². The Balaban J connectivity index is 2.10. The first-order valence-electron chi connectivity index (χ1n) is 11.5. The number of carbonyl (C=O) groups is 4. The molecule has 2 aromatic carbocycles. The molecule has 0 spiro atoms. The second-order valence-corrected chi connectivity index (χ2v) is 8.70. The zero-order valence-corrected chi connectivity index (χ0v) is 20.4. The highest BCUT2D eigenvalue weighted by Gasteiger charge is 2.29. The highest BCUT2D eigenvalue weighted by molar-refractivity contribution is 5.94. The fraction of sp³-hybridized carbons (Fsp3) is 0.360. The van der Waals surface area contributed by atoms with E-state index in [1.165, 1.54) is 50.2 Å². The number of phenols is 2. The summed E-state index contributed by atoms with van der Waals surface area (Å²) in [6.07, 6.45) is -1.25. The number of aliphatic hydroxyl groups is 1. The Morgan fingerprint density at radius 2 is 1.16 bits per heavy atom. The minimum absolute atomic E-state index is 0.00972. The number of hydrogen-bond donors (Lipinski definition) is 8. The van der Waals surface area contributed by atoms with E-state index in [0.29, 0.717) is 11.1 Å². The Labute approximate surface area is 213 Å². The van der Waals surface area contributed by atoms with Crippen molar-refractivity contribution < 1.29 is 39.6 Å². The molecule has 0 aliphatic carbocycles. The van der Waals surface area contributed by atoms with Crippen molar-refractivity contribution in [1.82, 2.24) is 16.0 Å². The number of phenolic OH excluding ortho intramolecular Hbond substituents is 2. The van der Waals surface area contributed by atoms with Crippen molar-refractivity contribution in [1.29, 1.82) is 0 Å². The fourth-order valence-corrected chi connectivity index (χ4v) is 3.31. The predicted molar refractivity (Wildman–Crippen MR) is 132 cm³/mol. The molecule has 0 saturated heterocycles. The summed E-state index contributed by atoms with van der Waals surface area (Å²) in [5, 5.41) is 45.3. The number of aromatic hydroxyl groups is 2. The predicted octanol–water partition coefficient (Wildman–Crippen LogP) is -0.850. The van der Waals surface area contributed by atoms with Crippen molar-refractivity contribution in [3.8, 4) is 11.5 Å². The molecule has 2 aromatic rings. The molecule has 2 rings (SSSR count). The maximum absolute atomic E-state index is 13.0. The molecule has 0 aromatic heterocycles. The molecule has 0 aliphatic rings. The van der Waals surface area contributed by atoms with Crippen molar-refractivity contribution in [2.24, 2.45) is 5.73 Å². The topological polar surface area (TPSA) is 211 Å². The van der Waals surface area contributed by atoms with Crippen LogP contribution in [0.15, 0.2) is 48.5 Å². The van der Waals surface area contributed by atoms with Gasteiger partial charge in [-0.1, -0.05) is 24.3 Å². The molecule has 12 heteroatoms. The van der Waals surface area contributed by atoms with Crippen LogP contribution >= 0.6 is 0 Å². The zero-order valence-electron chi connectivity index (χ0n) is 20.4. The molecule has 0 fully saturated rings. The summed E-state index contributed by atoms with van der Waals surface area (Å²) in [6, 6.07) is 6.79. The second-order valence-electron chi connectivity index (χ2n) is 8.70. The molecule has 9 N–H and O–H groups in total. The van der Waals surface area contributed by atoms with Gasteiger partial charge in [-0.2, -0.15) is 0 Å². The Kier molecular flexibility index (Phi) is 10.4. The van der Waals surface area contributed by atoms with Gasteiger partial charge >= 0.3 is 5.97 Å². The molecule has 0 heterocycles. The number of nitrogens with one attached hydrogen (secondary N) is 3. The van der Waals surface area contributed by atoms with E-state index in [2.05, 4.69) is 16.0 Å². The third-order valence-electron chi connectivity index (χ3n) is 5.57. The van der Waals surface area contributed by atoms with Gasteiger partial charge in [0.25, 0.3) is 0 Å². The smallest absolute Gasteiger partial charge is 0.326 e. The summed E-state index contributed by atoms with van der Waals surface area (Å²) in [4.78, 5) is 49.8. The molecule has 0 bridgehead atoms. The molecule has 200 valence electrons. The van der Waals surface area contributed by atoms with Gasteiger partial charge in [0.2, 0.25) is 17.7 Å². The molecular weight excluding hydrogens is 484 g/mol. The fourth-order valence-electron chi connectivity index (χ4n) is 3.31. The van der Waals surface area contributed by atoms with E-state index in [9.17, 15) is 39.6 Å². The number of amides is 3. The average molecular weight is 517 g/mol. The maximum Gasteiger partial charge on any atom is 0.326 e. The molecule has 3 amide bonds. The zero-order chi connectivity index (χ0) is 27.7. The van der Waals surface area contributed by atoms with Crippen LogP contribution in [-0.2, 0) is 32.0 Å².